The molecule has 1 saturated carbocycles. The Morgan fingerprint density at radius 2 is 1.57 bits per heavy atom. The van der Waals surface area contributed by atoms with E-state index < -0.39 is 0 Å². The maximum Gasteiger partial charge on any atom is 0.128 e. The topological polar surface area (TPSA) is 100 Å². The number of hydrogen-bond acceptors (Lipinski definition) is 6. The van der Waals surface area contributed by atoms with Gasteiger partial charge in [-0.3, -0.25) is 4.99 Å². The van der Waals surface area contributed by atoms with Crippen LogP contribution in [0.3, 0.4) is 0 Å². The van der Waals surface area contributed by atoms with Gasteiger partial charge in [0.1, 0.15) is 17.2 Å². The highest BCUT2D eigenvalue weighted by Crippen LogP contribution is 2.24. The highest BCUT2D eigenvalue weighted by atomic mass is 16.3. The molecule has 6 heteroatoms. The van der Waals surface area contributed by atoms with Crippen molar-refractivity contribution in [1.82, 2.24) is 0 Å². The van der Waals surface area contributed by atoms with Crippen LogP contribution < -0.4 is 4.90 Å². The standard InChI is InChI=1S/C15H22N2O.C7H7NO2/c1-17(2)14-9-8-12(15(18)10-14)11-16-13-6-4-3-5-7-13;8-4-5-1-2-6(9)3-7(5)10/h8-11,13,18H,3-7H2,1-2H3;1-4,8-10H. The fourth-order valence-electron chi connectivity index (χ4n) is 2.99. The molecule has 0 aliphatic heterocycles. The molecule has 1 aliphatic rings. The maximum atomic E-state index is 9.95. The Morgan fingerprint density at radius 1 is 0.929 bits per heavy atom. The Bertz CT molecular complexity index is 813. The number of aliphatic imine (C=N–C) groups is 1. The first-order valence-electron chi connectivity index (χ1n) is 9.46. The van der Waals surface area contributed by atoms with Gasteiger partial charge in [-0.1, -0.05) is 19.3 Å². The van der Waals surface area contributed by atoms with E-state index in [0.717, 1.165) is 17.5 Å². The van der Waals surface area contributed by atoms with Gasteiger partial charge in [0.05, 0.1) is 0 Å². The molecule has 0 aromatic heterocycles. The van der Waals surface area contributed by atoms with E-state index in [9.17, 15) is 5.11 Å². The van der Waals surface area contributed by atoms with Gasteiger partial charge in [-0.25, -0.2) is 0 Å². The van der Waals surface area contributed by atoms with E-state index in [1.54, 1.807) is 6.07 Å². The Morgan fingerprint density at radius 3 is 2.14 bits per heavy atom. The van der Waals surface area contributed by atoms with Crippen molar-refractivity contribution < 1.29 is 15.3 Å². The summed E-state index contributed by atoms with van der Waals surface area (Å²) in [5.74, 6) is 0.235. The summed E-state index contributed by atoms with van der Waals surface area (Å²) in [5.41, 5.74) is 2.21. The quantitative estimate of drug-likeness (QED) is 0.591. The Kier molecular flexibility index (Phi) is 7.87. The van der Waals surface area contributed by atoms with E-state index >= 15 is 0 Å². The number of anilines is 1. The molecule has 0 unspecified atom stereocenters. The van der Waals surface area contributed by atoms with Crippen molar-refractivity contribution in [3.63, 3.8) is 0 Å². The van der Waals surface area contributed by atoms with Crippen LogP contribution in [0, 0.1) is 5.41 Å². The van der Waals surface area contributed by atoms with Crippen LogP contribution in [-0.4, -0.2) is 47.9 Å². The zero-order valence-electron chi connectivity index (χ0n) is 16.5. The van der Waals surface area contributed by atoms with Crippen molar-refractivity contribution in [1.29, 1.82) is 5.41 Å². The van der Waals surface area contributed by atoms with E-state index in [0.29, 0.717) is 17.4 Å². The molecule has 2 aromatic rings. The Balaban J connectivity index is 0.000000237. The van der Waals surface area contributed by atoms with E-state index in [-0.39, 0.29) is 11.5 Å². The van der Waals surface area contributed by atoms with Crippen LogP contribution in [0.25, 0.3) is 0 Å². The molecule has 2 aromatic carbocycles. The fraction of sp³-hybridized carbons (Fsp3) is 0.364. The number of nitrogens with one attached hydrogen (secondary N) is 1. The first kappa shape index (κ1) is 21.3. The van der Waals surface area contributed by atoms with Crippen LogP contribution in [0.1, 0.15) is 43.2 Å². The predicted octanol–water partition coefficient (Wildman–Crippen LogP) is 4.31. The van der Waals surface area contributed by atoms with Gasteiger partial charge < -0.3 is 25.6 Å². The van der Waals surface area contributed by atoms with Crippen molar-refractivity contribution >= 4 is 18.1 Å². The molecule has 1 fully saturated rings. The first-order chi connectivity index (χ1) is 13.4. The maximum absolute atomic E-state index is 9.95. The summed E-state index contributed by atoms with van der Waals surface area (Å²) >= 11 is 0. The molecule has 0 atom stereocenters. The van der Waals surface area contributed by atoms with E-state index in [2.05, 4.69) is 4.99 Å². The molecule has 1 aliphatic carbocycles. The SMILES string of the molecule is CN(C)c1ccc(C=NC2CCCCC2)c(O)c1.N=Cc1ccc(O)cc1O. The van der Waals surface area contributed by atoms with Gasteiger partial charge in [-0.15, -0.1) is 0 Å². The minimum Gasteiger partial charge on any atom is -0.508 e. The molecule has 0 amide bonds. The van der Waals surface area contributed by atoms with Gasteiger partial charge in [0, 0.05) is 61.5 Å². The highest BCUT2D eigenvalue weighted by molar-refractivity contribution is 5.84. The molecule has 0 spiro atoms. The third-order valence-electron chi connectivity index (χ3n) is 4.70. The van der Waals surface area contributed by atoms with Gasteiger partial charge in [-0.05, 0) is 37.1 Å². The third-order valence-corrected chi connectivity index (χ3v) is 4.70. The van der Waals surface area contributed by atoms with Gasteiger partial charge in [-0.2, -0.15) is 0 Å². The number of benzene rings is 2. The predicted molar refractivity (Wildman–Crippen MR) is 115 cm³/mol. The molecular formula is C22H29N3O3. The molecule has 0 bridgehead atoms. The van der Waals surface area contributed by atoms with Gasteiger partial charge >= 0.3 is 0 Å². The molecule has 6 nitrogen and oxygen atoms in total. The lowest BCUT2D eigenvalue weighted by atomic mass is 9.96. The lowest BCUT2D eigenvalue weighted by molar-refractivity contribution is 0.444. The lowest BCUT2D eigenvalue weighted by Crippen LogP contribution is -2.10. The third kappa shape index (κ3) is 6.30. The lowest BCUT2D eigenvalue weighted by Gasteiger charge is -2.17. The van der Waals surface area contributed by atoms with Crippen molar-refractivity contribution in [2.24, 2.45) is 4.99 Å². The molecule has 3 rings (SSSR count). The van der Waals surface area contributed by atoms with E-state index in [1.165, 1.54) is 50.3 Å². The fourth-order valence-corrected chi connectivity index (χ4v) is 2.99. The van der Waals surface area contributed by atoms with Crippen molar-refractivity contribution in [2.75, 3.05) is 19.0 Å². The summed E-state index contributed by atoms with van der Waals surface area (Å²) < 4.78 is 0. The summed E-state index contributed by atoms with van der Waals surface area (Å²) in [6, 6.07) is 10.2. The number of nitrogens with zero attached hydrogens (tertiary/aromatic N) is 2. The van der Waals surface area contributed by atoms with Crippen molar-refractivity contribution in [3.8, 4) is 17.2 Å². The average Bonchev–Trinajstić information content (AvgIpc) is 2.68. The molecule has 28 heavy (non-hydrogen) atoms. The van der Waals surface area contributed by atoms with Crippen LogP contribution in [0.15, 0.2) is 41.4 Å². The minimum atomic E-state index is -0.0741. The second-order valence-corrected chi connectivity index (χ2v) is 7.10. The van der Waals surface area contributed by atoms with E-state index in [1.807, 2.05) is 37.3 Å². The van der Waals surface area contributed by atoms with Crippen LogP contribution in [0.2, 0.25) is 0 Å². The summed E-state index contributed by atoms with van der Waals surface area (Å²) in [7, 11) is 3.93. The van der Waals surface area contributed by atoms with Crippen LogP contribution in [0.4, 0.5) is 5.69 Å². The molecule has 0 saturated heterocycles. The van der Waals surface area contributed by atoms with Crippen LogP contribution in [0.5, 0.6) is 17.2 Å². The minimum absolute atomic E-state index is 0.00287. The van der Waals surface area contributed by atoms with Crippen molar-refractivity contribution in [3.05, 3.63) is 47.5 Å². The Hall–Kier alpha value is -3.02. The van der Waals surface area contributed by atoms with Gasteiger partial charge in [0.15, 0.2) is 0 Å². The zero-order valence-corrected chi connectivity index (χ0v) is 16.5. The molecule has 0 radical (unpaired) electrons. The monoisotopic (exact) mass is 383 g/mol. The Labute approximate surface area is 166 Å². The summed E-state index contributed by atoms with van der Waals surface area (Å²) in [6.07, 6.45) is 9.13. The van der Waals surface area contributed by atoms with Crippen LogP contribution in [-0.2, 0) is 0 Å². The molecule has 0 heterocycles. The number of rotatable bonds is 4. The molecular weight excluding hydrogens is 354 g/mol. The second-order valence-electron chi connectivity index (χ2n) is 7.10. The number of phenolic OH excluding ortho intramolecular Hbond substituents is 3. The number of aromatic hydroxyl groups is 3. The normalized spacial score (nSPS) is 14.4. The first-order valence-corrected chi connectivity index (χ1v) is 9.46. The number of hydrogen-bond donors (Lipinski definition) is 4. The van der Waals surface area contributed by atoms with E-state index in [4.69, 9.17) is 15.6 Å². The number of phenols is 3. The van der Waals surface area contributed by atoms with Crippen LogP contribution >= 0.6 is 0 Å². The largest absolute Gasteiger partial charge is 0.508 e. The summed E-state index contributed by atoms with van der Waals surface area (Å²) in [6.45, 7) is 0. The zero-order chi connectivity index (χ0) is 20.5. The second kappa shape index (κ2) is 10.3. The average molecular weight is 383 g/mol. The van der Waals surface area contributed by atoms with Gasteiger partial charge in [0.25, 0.3) is 0 Å². The highest BCUT2D eigenvalue weighted by Gasteiger charge is 2.11. The smallest absolute Gasteiger partial charge is 0.128 e. The summed E-state index contributed by atoms with van der Waals surface area (Å²) in [5, 5.41) is 34.5. The molecule has 150 valence electrons. The molecule has 4 N–H and O–H groups in total. The van der Waals surface area contributed by atoms with Gasteiger partial charge in [0.2, 0.25) is 0 Å². The summed E-state index contributed by atoms with van der Waals surface area (Å²) in [4.78, 5) is 6.56. The van der Waals surface area contributed by atoms with Crippen molar-refractivity contribution in [2.45, 2.75) is 38.1 Å².